The molecule has 1 saturated heterocycles. The molecule has 1 heterocycles. The van der Waals surface area contributed by atoms with Crippen molar-refractivity contribution >= 4 is 17.5 Å². The standard InChI is InChI=1S/C31H43ClN2O/c1-20-26-11-12-28-25-10-7-22-18-24(34(4)29(35)17-21-5-8-23(32)9-6-21)13-15-30(22,2)27(25)14-16-31(26,28)19-33(20)3/h5-9,20,24-28H,10-19H2,1-4H3. The smallest absolute Gasteiger partial charge is 0.226 e. The Morgan fingerprint density at radius 2 is 1.83 bits per heavy atom. The van der Waals surface area contributed by atoms with Gasteiger partial charge in [0.1, 0.15) is 0 Å². The van der Waals surface area contributed by atoms with E-state index in [9.17, 15) is 4.79 Å². The summed E-state index contributed by atoms with van der Waals surface area (Å²) in [4.78, 5) is 17.8. The minimum absolute atomic E-state index is 0.228. The van der Waals surface area contributed by atoms with Crippen molar-refractivity contribution in [1.82, 2.24) is 9.80 Å². The summed E-state index contributed by atoms with van der Waals surface area (Å²) in [6.45, 7) is 6.41. The average molecular weight is 495 g/mol. The predicted molar refractivity (Wildman–Crippen MR) is 143 cm³/mol. The third-order valence-corrected chi connectivity index (χ3v) is 12.1. The Morgan fingerprint density at radius 1 is 1.09 bits per heavy atom. The van der Waals surface area contributed by atoms with Crippen molar-refractivity contribution in [2.75, 3.05) is 20.6 Å². The summed E-state index contributed by atoms with van der Waals surface area (Å²) in [5.74, 6) is 3.80. The van der Waals surface area contributed by atoms with Crippen LogP contribution < -0.4 is 0 Å². The molecule has 5 aliphatic rings. The van der Waals surface area contributed by atoms with E-state index < -0.39 is 0 Å². The number of carbonyl (C=O) groups excluding carboxylic acids is 1. The maximum Gasteiger partial charge on any atom is 0.226 e. The average Bonchev–Trinajstić information content (AvgIpc) is 3.33. The highest BCUT2D eigenvalue weighted by Gasteiger charge is 2.64. The number of halogens is 1. The molecule has 1 amide bonds. The molecule has 6 rings (SSSR count). The van der Waals surface area contributed by atoms with Gasteiger partial charge in [-0.1, -0.05) is 42.3 Å². The molecule has 1 aromatic rings. The zero-order chi connectivity index (χ0) is 24.5. The van der Waals surface area contributed by atoms with Gasteiger partial charge in [-0.25, -0.2) is 0 Å². The lowest BCUT2D eigenvalue weighted by Gasteiger charge is -2.58. The second-order valence-electron chi connectivity index (χ2n) is 13.1. The van der Waals surface area contributed by atoms with Crippen LogP contribution >= 0.6 is 11.6 Å². The first kappa shape index (κ1) is 24.0. The van der Waals surface area contributed by atoms with E-state index in [0.717, 1.165) is 53.1 Å². The maximum atomic E-state index is 13.1. The molecule has 0 radical (unpaired) electrons. The van der Waals surface area contributed by atoms with E-state index in [0.29, 0.717) is 23.3 Å². The van der Waals surface area contributed by atoms with Crippen molar-refractivity contribution in [2.45, 2.75) is 83.7 Å². The first-order chi connectivity index (χ1) is 16.7. The minimum atomic E-state index is 0.228. The van der Waals surface area contributed by atoms with Crippen LogP contribution in [0.3, 0.4) is 0 Å². The van der Waals surface area contributed by atoms with Crippen molar-refractivity contribution in [2.24, 2.45) is 34.5 Å². The van der Waals surface area contributed by atoms with Crippen LogP contribution in [0.5, 0.6) is 0 Å². The number of carbonyl (C=O) groups is 1. The molecule has 0 N–H and O–H groups in total. The fourth-order valence-corrected chi connectivity index (χ4v) is 10.0. The zero-order valence-corrected chi connectivity index (χ0v) is 22.9. The van der Waals surface area contributed by atoms with Crippen LogP contribution in [0.1, 0.15) is 70.8 Å². The van der Waals surface area contributed by atoms with Crippen LogP contribution in [0.15, 0.2) is 35.9 Å². The lowest BCUT2D eigenvalue weighted by molar-refractivity contribution is -0.132. The van der Waals surface area contributed by atoms with Crippen LogP contribution in [-0.4, -0.2) is 48.4 Å². The quantitative estimate of drug-likeness (QED) is 0.442. The largest absolute Gasteiger partial charge is 0.342 e. The molecule has 8 atom stereocenters. The number of hydrogen-bond donors (Lipinski definition) is 0. The normalized spacial score (nSPS) is 42.5. The Morgan fingerprint density at radius 3 is 2.60 bits per heavy atom. The van der Waals surface area contributed by atoms with Crippen LogP contribution in [0, 0.1) is 34.5 Å². The summed E-state index contributed by atoms with van der Waals surface area (Å²) in [5.41, 5.74) is 3.66. The van der Waals surface area contributed by atoms with Crippen LogP contribution in [0.25, 0.3) is 0 Å². The highest BCUT2D eigenvalue weighted by Crippen LogP contribution is 2.68. The van der Waals surface area contributed by atoms with Gasteiger partial charge in [0.05, 0.1) is 6.42 Å². The molecule has 190 valence electrons. The van der Waals surface area contributed by atoms with Gasteiger partial charge in [-0.2, -0.15) is 0 Å². The van der Waals surface area contributed by atoms with Crippen LogP contribution in [0.2, 0.25) is 5.02 Å². The molecule has 3 nitrogen and oxygen atoms in total. The van der Waals surface area contributed by atoms with E-state index in [1.165, 1.54) is 45.1 Å². The van der Waals surface area contributed by atoms with Gasteiger partial charge in [0.25, 0.3) is 0 Å². The van der Waals surface area contributed by atoms with Crippen molar-refractivity contribution in [3.63, 3.8) is 0 Å². The van der Waals surface area contributed by atoms with Crippen molar-refractivity contribution in [3.8, 4) is 0 Å². The second kappa shape index (κ2) is 8.62. The zero-order valence-electron chi connectivity index (χ0n) is 22.1. The summed E-state index contributed by atoms with van der Waals surface area (Å²) in [7, 11) is 4.39. The molecule has 4 fully saturated rings. The van der Waals surface area contributed by atoms with Crippen LogP contribution in [0.4, 0.5) is 0 Å². The Kier molecular flexibility index (Phi) is 5.92. The first-order valence-electron chi connectivity index (χ1n) is 14.1. The Hall–Kier alpha value is -1.32. The lowest BCUT2D eigenvalue weighted by atomic mass is 9.47. The third-order valence-electron chi connectivity index (χ3n) is 11.9. The monoisotopic (exact) mass is 494 g/mol. The molecular weight excluding hydrogens is 452 g/mol. The predicted octanol–water partition coefficient (Wildman–Crippen LogP) is 6.60. The molecule has 1 spiro atoms. The Bertz CT molecular complexity index is 1020. The molecule has 1 aromatic carbocycles. The number of likely N-dealkylation sites (N-methyl/N-ethyl adjacent to an activating group) is 1. The fourth-order valence-electron chi connectivity index (χ4n) is 9.88. The number of rotatable bonds is 3. The Balaban J connectivity index is 1.17. The number of benzene rings is 1. The van der Waals surface area contributed by atoms with Gasteiger partial charge < -0.3 is 9.80 Å². The van der Waals surface area contributed by atoms with Gasteiger partial charge in [0.2, 0.25) is 5.91 Å². The summed E-state index contributed by atoms with van der Waals surface area (Å²) >= 11 is 6.02. The van der Waals surface area contributed by atoms with E-state index in [1.54, 1.807) is 5.57 Å². The van der Waals surface area contributed by atoms with Gasteiger partial charge in [0.15, 0.2) is 0 Å². The molecule has 0 bridgehead atoms. The first-order valence-corrected chi connectivity index (χ1v) is 14.5. The SMILES string of the molecule is CC1C2CCC3C4CC=C5CC(N(C)C(=O)Cc6ccc(Cl)cc6)CCC5(C)C4CCC32CN1C. The minimum Gasteiger partial charge on any atom is -0.342 e. The molecule has 4 aliphatic carbocycles. The molecular formula is C31H43ClN2O. The lowest BCUT2D eigenvalue weighted by Crippen LogP contribution is -2.53. The number of amides is 1. The number of likely N-dealkylation sites (tertiary alicyclic amines) is 1. The number of fused-ring (bicyclic) bond motifs is 4. The van der Waals surface area contributed by atoms with Gasteiger partial charge in [0, 0.05) is 30.7 Å². The number of nitrogens with zero attached hydrogens (tertiary/aromatic N) is 2. The molecule has 0 aromatic heterocycles. The van der Waals surface area contributed by atoms with Crippen molar-refractivity contribution < 1.29 is 4.79 Å². The maximum absolute atomic E-state index is 13.1. The van der Waals surface area contributed by atoms with Crippen molar-refractivity contribution in [3.05, 3.63) is 46.5 Å². The van der Waals surface area contributed by atoms with Gasteiger partial charge >= 0.3 is 0 Å². The molecule has 1 aliphatic heterocycles. The van der Waals surface area contributed by atoms with E-state index in [1.807, 2.05) is 36.2 Å². The fraction of sp³-hybridized carbons (Fsp3) is 0.710. The highest BCUT2D eigenvalue weighted by atomic mass is 35.5. The molecule has 4 heteroatoms. The van der Waals surface area contributed by atoms with Crippen LogP contribution in [-0.2, 0) is 11.2 Å². The highest BCUT2D eigenvalue weighted by molar-refractivity contribution is 6.30. The molecule has 3 saturated carbocycles. The van der Waals surface area contributed by atoms with E-state index >= 15 is 0 Å². The van der Waals surface area contributed by atoms with Gasteiger partial charge in [-0.3, -0.25) is 4.79 Å². The topological polar surface area (TPSA) is 23.6 Å². The Labute approximate surface area is 217 Å². The number of hydrogen-bond acceptors (Lipinski definition) is 2. The van der Waals surface area contributed by atoms with E-state index in [2.05, 4.69) is 31.9 Å². The summed E-state index contributed by atoms with van der Waals surface area (Å²) in [6.07, 6.45) is 13.6. The molecule has 8 unspecified atom stereocenters. The van der Waals surface area contributed by atoms with E-state index in [-0.39, 0.29) is 5.91 Å². The summed E-state index contributed by atoms with van der Waals surface area (Å²) < 4.78 is 0. The summed E-state index contributed by atoms with van der Waals surface area (Å²) in [6, 6.07) is 8.80. The second-order valence-corrected chi connectivity index (χ2v) is 13.5. The van der Waals surface area contributed by atoms with Crippen molar-refractivity contribution in [1.29, 1.82) is 0 Å². The number of allylic oxidation sites excluding steroid dienone is 1. The molecule has 35 heavy (non-hydrogen) atoms. The third kappa shape index (κ3) is 3.66. The van der Waals surface area contributed by atoms with Gasteiger partial charge in [-0.05, 0) is 118 Å². The van der Waals surface area contributed by atoms with Gasteiger partial charge in [-0.15, -0.1) is 0 Å². The summed E-state index contributed by atoms with van der Waals surface area (Å²) in [5, 5.41) is 0.722. The van der Waals surface area contributed by atoms with E-state index in [4.69, 9.17) is 11.6 Å².